The number of hydrogen-bond donors (Lipinski definition) is 0. The molecule has 0 amide bonds. The first-order valence-corrected chi connectivity index (χ1v) is 8.65. The van der Waals surface area contributed by atoms with E-state index in [4.69, 9.17) is 9.47 Å². The molecule has 7 heteroatoms. The van der Waals surface area contributed by atoms with Crippen LogP contribution in [0.15, 0.2) is 36.5 Å². The zero-order valence-electron chi connectivity index (χ0n) is 16.3. The molecule has 4 nitrogen and oxygen atoms in total. The molecule has 0 radical (unpaired) electrons. The van der Waals surface area contributed by atoms with Crippen LogP contribution in [0.25, 0.3) is 22.3 Å². The Morgan fingerprint density at radius 2 is 1.41 bits per heavy atom. The fraction of sp³-hybridized carbons (Fsp3) is 0.182. The van der Waals surface area contributed by atoms with Gasteiger partial charge in [-0.05, 0) is 31.5 Å². The lowest BCUT2D eigenvalue weighted by atomic mass is 9.88. The second-order valence-electron chi connectivity index (χ2n) is 6.41. The molecule has 0 fully saturated rings. The summed E-state index contributed by atoms with van der Waals surface area (Å²) in [5.74, 6) is -2.72. The molecule has 1 heterocycles. The van der Waals surface area contributed by atoms with Gasteiger partial charge in [0.15, 0.2) is 5.78 Å². The molecule has 0 unspecified atom stereocenters. The van der Waals surface area contributed by atoms with Crippen molar-refractivity contribution in [3.63, 3.8) is 0 Å². The van der Waals surface area contributed by atoms with Crippen LogP contribution >= 0.6 is 0 Å². The minimum Gasteiger partial charge on any atom is -0.497 e. The molecular formula is C22H18F3NO3. The number of Topliss-reactive ketones (excluding diaryl/α,β-unsaturated/α-hetero) is 1. The van der Waals surface area contributed by atoms with Crippen LogP contribution in [0.1, 0.15) is 23.0 Å². The van der Waals surface area contributed by atoms with Gasteiger partial charge in [0.05, 0.1) is 19.8 Å². The van der Waals surface area contributed by atoms with Crippen molar-refractivity contribution in [3.8, 4) is 33.8 Å². The maximum Gasteiger partial charge on any atom is 0.161 e. The smallest absolute Gasteiger partial charge is 0.161 e. The second kappa shape index (κ2) is 7.95. The van der Waals surface area contributed by atoms with Gasteiger partial charge in [-0.15, -0.1) is 0 Å². The van der Waals surface area contributed by atoms with Crippen LogP contribution in [0, 0.1) is 24.4 Å². The van der Waals surface area contributed by atoms with Crippen molar-refractivity contribution in [2.45, 2.75) is 13.8 Å². The Morgan fingerprint density at radius 3 is 1.90 bits per heavy atom. The summed E-state index contributed by atoms with van der Waals surface area (Å²) in [5, 5.41) is 0. The lowest BCUT2D eigenvalue weighted by Crippen LogP contribution is -2.05. The number of aryl methyl sites for hydroxylation is 1. The second-order valence-corrected chi connectivity index (χ2v) is 6.41. The third-order valence-corrected chi connectivity index (χ3v) is 4.54. The van der Waals surface area contributed by atoms with Gasteiger partial charge in [-0.1, -0.05) is 0 Å². The van der Waals surface area contributed by atoms with Crippen LogP contribution < -0.4 is 9.47 Å². The lowest BCUT2D eigenvalue weighted by molar-refractivity contribution is 0.101. The largest absolute Gasteiger partial charge is 0.497 e. The van der Waals surface area contributed by atoms with Crippen molar-refractivity contribution in [1.82, 2.24) is 4.98 Å². The highest BCUT2D eigenvalue weighted by atomic mass is 19.1. The van der Waals surface area contributed by atoms with Crippen LogP contribution in [0.2, 0.25) is 0 Å². The summed E-state index contributed by atoms with van der Waals surface area (Å²) >= 11 is 0. The quantitative estimate of drug-likeness (QED) is 0.540. The van der Waals surface area contributed by atoms with E-state index in [2.05, 4.69) is 4.98 Å². The SMILES string of the molecule is COc1cc(OC)cc(-c2c(C(C)=O)cnc(C)c2-c2c(F)cc(F)cc2F)c1. The van der Waals surface area contributed by atoms with Crippen molar-refractivity contribution in [3.05, 3.63) is 65.2 Å². The number of carbonyl (C=O) groups excluding carboxylic acids is 1. The number of ether oxygens (including phenoxy) is 2. The summed E-state index contributed by atoms with van der Waals surface area (Å²) in [6, 6.07) is 6.05. The standard InChI is InChI=1S/C22H18F3NO3/c1-11-20(22-18(24)7-14(23)8-19(22)25)21(17(10-26-11)12(2)27)13-5-15(28-3)9-16(6-13)29-4/h5-10H,1-4H3. The number of nitrogens with zero attached hydrogens (tertiary/aromatic N) is 1. The van der Waals surface area contributed by atoms with Crippen LogP contribution in [-0.2, 0) is 0 Å². The third-order valence-electron chi connectivity index (χ3n) is 4.54. The Hall–Kier alpha value is -3.35. The highest BCUT2D eigenvalue weighted by molar-refractivity contribution is 6.05. The number of hydrogen-bond acceptors (Lipinski definition) is 4. The first-order chi connectivity index (χ1) is 13.8. The van der Waals surface area contributed by atoms with E-state index in [1.807, 2.05) is 0 Å². The molecule has 0 saturated heterocycles. The topological polar surface area (TPSA) is 48.4 Å². The number of ketones is 1. The molecule has 0 N–H and O–H groups in total. The minimum absolute atomic E-state index is 0.0583. The monoisotopic (exact) mass is 401 g/mol. The molecule has 29 heavy (non-hydrogen) atoms. The van der Waals surface area contributed by atoms with E-state index in [0.717, 1.165) is 0 Å². The van der Waals surface area contributed by atoms with E-state index in [0.29, 0.717) is 29.2 Å². The molecule has 1 aromatic heterocycles. The molecule has 3 aromatic rings. The van der Waals surface area contributed by atoms with Gasteiger partial charge >= 0.3 is 0 Å². The van der Waals surface area contributed by atoms with Gasteiger partial charge in [0.25, 0.3) is 0 Å². The highest BCUT2D eigenvalue weighted by Crippen LogP contribution is 2.41. The predicted molar refractivity (Wildman–Crippen MR) is 103 cm³/mol. The van der Waals surface area contributed by atoms with Crippen LogP contribution in [0.3, 0.4) is 0 Å². The van der Waals surface area contributed by atoms with E-state index in [1.165, 1.54) is 27.3 Å². The average Bonchev–Trinajstić information content (AvgIpc) is 2.67. The number of pyridine rings is 1. The van der Waals surface area contributed by atoms with Crippen molar-refractivity contribution in [1.29, 1.82) is 0 Å². The molecule has 0 aliphatic rings. The van der Waals surface area contributed by atoms with Gasteiger partial charge in [0, 0.05) is 46.8 Å². The number of halogens is 3. The molecule has 2 aromatic carbocycles. The summed E-state index contributed by atoms with van der Waals surface area (Å²) < 4.78 is 53.3. The predicted octanol–water partition coefficient (Wildman–Crippen LogP) is 5.36. The molecule has 0 aliphatic carbocycles. The van der Waals surface area contributed by atoms with Crippen molar-refractivity contribution in [2.24, 2.45) is 0 Å². The minimum atomic E-state index is -1.09. The van der Waals surface area contributed by atoms with E-state index >= 15 is 0 Å². The first kappa shape index (κ1) is 20.4. The molecular weight excluding hydrogens is 383 g/mol. The van der Waals surface area contributed by atoms with Crippen LogP contribution in [-0.4, -0.2) is 25.0 Å². The van der Waals surface area contributed by atoms with Gasteiger partial charge in [-0.25, -0.2) is 13.2 Å². The van der Waals surface area contributed by atoms with Gasteiger partial charge in [0.2, 0.25) is 0 Å². The lowest BCUT2D eigenvalue weighted by Gasteiger charge is -2.18. The van der Waals surface area contributed by atoms with Gasteiger partial charge < -0.3 is 9.47 Å². The zero-order chi connectivity index (χ0) is 21.3. The number of aromatic nitrogens is 1. The van der Waals surface area contributed by atoms with E-state index in [1.54, 1.807) is 25.1 Å². The fourth-order valence-corrected chi connectivity index (χ4v) is 3.21. The van der Waals surface area contributed by atoms with E-state index < -0.39 is 23.0 Å². The summed E-state index contributed by atoms with van der Waals surface area (Å²) in [6.45, 7) is 2.89. The van der Waals surface area contributed by atoms with Crippen LogP contribution in [0.4, 0.5) is 13.2 Å². The Labute approximate surface area is 165 Å². The summed E-state index contributed by atoms with van der Waals surface area (Å²) in [7, 11) is 2.92. The number of methoxy groups -OCH3 is 2. The number of rotatable bonds is 5. The average molecular weight is 401 g/mol. The first-order valence-electron chi connectivity index (χ1n) is 8.65. The highest BCUT2D eigenvalue weighted by Gasteiger charge is 2.24. The van der Waals surface area contributed by atoms with Crippen molar-refractivity contribution >= 4 is 5.78 Å². The normalized spacial score (nSPS) is 10.7. The molecule has 0 atom stereocenters. The van der Waals surface area contributed by atoms with Crippen molar-refractivity contribution in [2.75, 3.05) is 14.2 Å². The summed E-state index contributed by atoms with van der Waals surface area (Å²) in [5.41, 5.74) is 0.723. The van der Waals surface area contributed by atoms with Crippen LogP contribution in [0.5, 0.6) is 11.5 Å². The molecule has 150 valence electrons. The Morgan fingerprint density at radius 1 is 0.862 bits per heavy atom. The van der Waals surface area contributed by atoms with Gasteiger partial charge in [-0.3, -0.25) is 9.78 Å². The van der Waals surface area contributed by atoms with E-state index in [-0.39, 0.29) is 28.2 Å². The number of benzene rings is 2. The molecule has 3 rings (SSSR count). The zero-order valence-corrected chi connectivity index (χ0v) is 16.3. The van der Waals surface area contributed by atoms with E-state index in [9.17, 15) is 18.0 Å². The Bertz CT molecular complexity index is 1070. The maximum absolute atomic E-state index is 14.7. The van der Waals surface area contributed by atoms with Gasteiger partial charge in [0.1, 0.15) is 29.0 Å². The van der Waals surface area contributed by atoms with Crippen molar-refractivity contribution < 1.29 is 27.4 Å². The molecule has 0 saturated carbocycles. The number of carbonyl (C=O) groups is 1. The molecule has 0 spiro atoms. The molecule has 0 aliphatic heterocycles. The third kappa shape index (κ3) is 3.81. The maximum atomic E-state index is 14.7. The molecule has 0 bridgehead atoms. The summed E-state index contributed by atoms with van der Waals surface area (Å²) in [4.78, 5) is 16.5. The Kier molecular flexibility index (Phi) is 5.59. The van der Waals surface area contributed by atoms with Gasteiger partial charge in [-0.2, -0.15) is 0 Å². The Balaban J connectivity index is 2.47. The fourth-order valence-electron chi connectivity index (χ4n) is 3.21. The summed E-state index contributed by atoms with van der Waals surface area (Å²) in [6.07, 6.45) is 1.35.